The topological polar surface area (TPSA) is 56.5 Å². The SMILES string of the molecule is CCOC(=O)c1oc2cccc(C)c2c(=O)c1Cl. The second-order valence-electron chi connectivity index (χ2n) is 3.74. The largest absolute Gasteiger partial charge is 0.460 e. The summed E-state index contributed by atoms with van der Waals surface area (Å²) in [5, 5.41) is 0.144. The third-order valence-electron chi connectivity index (χ3n) is 2.53. The summed E-state index contributed by atoms with van der Waals surface area (Å²) in [5.74, 6) is -0.982. The summed E-state index contributed by atoms with van der Waals surface area (Å²) < 4.78 is 10.1. The predicted molar refractivity (Wildman–Crippen MR) is 68.2 cm³/mol. The molecular weight excluding hydrogens is 256 g/mol. The molecule has 2 aromatic rings. The summed E-state index contributed by atoms with van der Waals surface area (Å²) in [5.41, 5.74) is 0.657. The molecule has 0 atom stereocenters. The standard InChI is InChI=1S/C13H11ClO4/c1-3-17-13(16)12-10(14)11(15)9-7(2)5-4-6-8(9)18-12/h4-6H,3H2,1-2H3. The Balaban J connectivity index is 2.76. The highest BCUT2D eigenvalue weighted by molar-refractivity contribution is 6.33. The molecule has 94 valence electrons. The number of ether oxygens (including phenoxy) is 1. The van der Waals surface area contributed by atoms with E-state index >= 15 is 0 Å². The van der Waals surface area contributed by atoms with Gasteiger partial charge in [0.15, 0.2) is 0 Å². The highest BCUT2D eigenvalue weighted by Gasteiger charge is 2.20. The van der Waals surface area contributed by atoms with Crippen molar-refractivity contribution in [2.75, 3.05) is 6.61 Å². The lowest BCUT2D eigenvalue weighted by Crippen LogP contribution is -2.13. The average molecular weight is 267 g/mol. The van der Waals surface area contributed by atoms with E-state index in [0.717, 1.165) is 5.56 Å². The summed E-state index contributed by atoms with van der Waals surface area (Å²) in [6, 6.07) is 5.13. The summed E-state index contributed by atoms with van der Waals surface area (Å²) in [6.45, 7) is 3.62. The van der Waals surface area contributed by atoms with Gasteiger partial charge in [-0.25, -0.2) is 4.79 Å². The number of hydrogen-bond donors (Lipinski definition) is 0. The molecule has 0 N–H and O–H groups in total. The van der Waals surface area contributed by atoms with E-state index < -0.39 is 11.4 Å². The third-order valence-corrected chi connectivity index (χ3v) is 2.88. The predicted octanol–water partition coefficient (Wildman–Crippen LogP) is 2.93. The zero-order valence-electron chi connectivity index (χ0n) is 9.95. The molecule has 0 saturated carbocycles. The lowest BCUT2D eigenvalue weighted by Gasteiger charge is -2.06. The zero-order chi connectivity index (χ0) is 13.3. The van der Waals surface area contributed by atoms with E-state index in [1.807, 2.05) is 0 Å². The Morgan fingerprint density at radius 3 is 2.83 bits per heavy atom. The number of halogens is 1. The molecule has 0 radical (unpaired) electrons. The van der Waals surface area contributed by atoms with Crippen molar-refractivity contribution in [1.29, 1.82) is 0 Å². The Labute approximate surface area is 108 Å². The van der Waals surface area contributed by atoms with Gasteiger partial charge in [0.05, 0.1) is 12.0 Å². The van der Waals surface area contributed by atoms with Crippen molar-refractivity contribution in [2.24, 2.45) is 0 Å². The van der Waals surface area contributed by atoms with Crippen LogP contribution in [0.2, 0.25) is 5.02 Å². The highest BCUT2D eigenvalue weighted by Crippen LogP contribution is 2.22. The molecule has 1 aromatic carbocycles. The van der Waals surface area contributed by atoms with Crippen LogP contribution in [0, 0.1) is 6.92 Å². The van der Waals surface area contributed by atoms with Crippen molar-refractivity contribution in [3.05, 3.63) is 44.8 Å². The molecule has 0 bridgehead atoms. The number of rotatable bonds is 2. The molecule has 0 fully saturated rings. The first-order valence-corrected chi connectivity index (χ1v) is 5.83. The number of esters is 1. The number of carbonyl (C=O) groups is 1. The minimum absolute atomic E-state index is 0.185. The maximum Gasteiger partial charge on any atom is 0.375 e. The minimum Gasteiger partial charge on any atom is -0.460 e. The van der Waals surface area contributed by atoms with Crippen molar-refractivity contribution in [2.45, 2.75) is 13.8 Å². The van der Waals surface area contributed by atoms with Gasteiger partial charge in [0.1, 0.15) is 10.6 Å². The number of aryl methyl sites for hydroxylation is 1. The van der Waals surface area contributed by atoms with Crippen LogP contribution in [0.5, 0.6) is 0 Å². The van der Waals surface area contributed by atoms with Crippen molar-refractivity contribution in [3.63, 3.8) is 0 Å². The van der Waals surface area contributed by atoms with Crippen LogP contribution in [0.15, 0.2) is 27.4 Å². The first-order valence-electron chi connectivity index (χ1n) is 5.45. The maximum atomic E-state index is 12.1. The number of fused-ring (bicyclic) bond motifs is 1. The fraction of sp³-hybridized carbons (Fsp3) is 0.231. The van der Waals surface area contributed by atoms with Gasteiger partial charge in [0.2, 0.25) is 11.2 Å². The maximum absolute atomic E-state index is 12.1. The van der Waals surface area contributed by atoms with Gasteiger partial charge in [-0.3, -0.25) is 4.79 Å². The van der Waals surface area contributed by atoms with E-state index in [-0.39, 0.29) is 17.4 Å². The van der Waals surface area contributed by atoms with Crippen LogP contribution in [-0.2, 0) is 4.74 Å². The monoisotopic (exact) mass is 266 g/mol. The molecular formula is C13H11ClO4. The van der Waals surface area contributed by atoms with Gasteiger partial charge in [-0.05, 0) is 25.5 Å². The Bertz CT molecular complexity index is 672. The van der Waals surface area contributed by atoms with Gasteiger partial charge < -0.3 is 9.15 Å². The van der Waals surface area contributed by atoms with Gasteiger partial charge in [-0.1, -0.05) is 23.7 Å². The molecule has 1 aromatic heterocycles. The van der Waals surface area contributed by atoms with Gasteiger partial charge in [-0.15, -0.1) is 0 Å². The van der Waals surface area contributed by atoms with Crippen LogP contribution in [0.1, 0.15) is 23.0 Å². The highest BCUT2D eigenvalue weighted by atomic mass is 35.5. The Morgan fingerprint density at radius 1 is 1.44 bits per heavy atom. The molecule has 1 heterocycles. The zero-order valence-corrected chi connectivity index (χ0v) is 10.7. The second-order valence-corrected chi connectivity index (χ2v) is 4.12. The van der Waals surface area contributed by atoms with E-state index in [4.69, 9.17) is 20.8 Å². The van der Waals surface area contributed by atoms with Crippen LogP contribution in [0.4, 0.5) is 0 Å². The van der Waals surface area contributed by atoms with E-state index in [1.165, 1.54) is 0 Å². The smallest absolute Gasteiger partial charge is 0.375 e. The van der Waals surface area contributed by atoms with Crippen molar-refractivity contribution >= 4 is 28.5 Å². The first-order chi connectivity index (χ1) is 8.56. The molecule has 18 heavy (non-hydrogen) atoms. The van der Waals surface area contributed by atoms with Crippen molar-refractivity contribution < 1.29 is 13.9 Å². The lowest BCUT2D eigenvalue weighted by atomic mass is 10.1. The van der Waals surface area contributed by atoms with Crippen molar-refractivity contribution in [3.8, 4) is 0 Å². The van der Waals surface area contributed by atoms with E-state index in [2.05, 4.69) is 0 Å². The number of hydrogen-bond acceptors (Lipinski definition) is 4. The average Bonchev–Trinajstić information content (AvgIpc) is 2.33. The number of benzene rings is 1. The quantitative estimate of drug-likeness (QED) is 0.784. The molecule has 0 amide bonds. The first kappa shape index (κ1) is 12.6. The Kier molecular flexibility index (Phi) is 3.39. The van der Waals surface area contributed by atoms with E-state index in [0.29, 0.717) is 11.0 Å². The molecule has 0 spiro atoms. The minimum atomic E-state index is -0.733. The lowest BCUT2D eigenvalue weighted by molar-refractivity contribution is 0.0491. The van der Waals surface area contributed by atoms with Crippen LogP contribution < -0.4 is 5.43 Å². The molecule has 4 nitrogen and oxygen atoms in total. The van der Waals surface area contributed by atoms with Gasteiger partial charge in [0, 0.05) is 0 Å². The molecule has 2 rings (SSSR count). The molecule has 0 aliphatic rings. The Morgan fingerprint density at radius 2 is 2.17 bits per heavy atom. The summed E-state index contributed by atoms with van der Waals surface area (Å²) >= 11 is 5.87. The van der Waals surface area contributed by atoms with Gasteiger partial charge >= 0.3 is 5.97 Å². The molecule has 0 saturated heterocycles. The Hall–Kier alpha value is -1.81. The molecule has 5 heteroatoms. The normalized spacial score (nSPS) is 10.6. The second kappa shape index (κ2) is 4.82. The van der Waals surface area contributed by atoms with Gasteiger partial charge in [0.25, 0.3) is 0 Å². The fourth-order valence-electron chi connectivity index (χ4n) is 1.71. The van der Waals surface area contributed by atoms with E-state index in [1.54, 1.807) is 32.0 Å². The summed E-state index contributed by atoms with van der Waals surface area (Å²) in [7, 11) is 0. The number of carbonyl (C=O) groups excluding carboxylic acids is 1. The van der Waals surface area contributed by atoms with E-state index in [9.17, 15) is 9.59 Å². The summed E-state index contributed by atoms with van der Waals surface area (Å²) in [6.07, 6.45) is 0. The van der Waals surface area contributed by atoms with Crippen LogP contribution >= 0.6 is 11.6 Å². The molecule has 0 aliphatic heterocycles. The van der Waals surface area contributed by atoms with Crippen LogP contribution in [0.25, 0.3) is 11.0 Å². The van der Waals surface area contributed by atoms with Crippen LogP contribution in [-0.4, -0.2) is 12.6 Å². The fourth-order valence-corrected chi connectivity index (χ4v) is 1.92. The molecule has 0 aliphatic carbocycles. The molecule has 0 unspecified atom stereocenters. The summed E-state index contributed by atoms with van der Waals surface area (Å²) in [4.78, 5) is 23.7. The third kappa shape index (κ3) is 1.99. The van der Waals surface area contributed by atoms with Gasteiger partial charge in [-0.2, -0.15) is 0 Å². The van der Waals surface area contributed by atoms with Crippen LogP contribution in [0.3, 0.4) is 0 Å². The van der Waals surface area contributed by atoms with Crippen molar-refractivity contribution in [1.82, 2.24) is 0 Å².